The molecule has 0 aliphatic carbocycles. The summed E-state index contributed by atoms with van der Waals surface area (Å²) in [6, 6.07) is 5.77. The highest BCUT2D eigenvalue weighted by atomic mass is 16.5. The van der Waals surface area contributed by atoms with Crippen LogP contribution in [0.3, 0.4) is 0 Å². The summed E-state index contributed by atoms with van der Waals surface area (Å²) < 4.78 is 4.78. The SMILES string of the molecule is COCCNC(=O)C(=O)NCC(O)c1ccc2c(c1)CCN2C. The maximum atomic E-state index is 11.6. The number of amides is 2. The third kappa shape index (κ3) is 4.43. The van der Waals surface area contributed by atoms with E-state index in [1.165, 1.54) is 18.4 Å². The van der Waals surface area contributed by atoms with Crippen molar-refractivity contribution in [3.8, 4) is 0 Å². The molecule has 0 aromatic heterocycles. The van der Waals surface area contributed by atoms with Gasteiger partial charge in [-0.3, -0.25) is 9.59 Å². The Labute approximate surface area is 135 Å². The first kappa shape index (κ1) is 17.2. The van der Waals surface area contributed by atoms with Crippen molar-refractivity contribution in [2.45, 2.75) is 12.5 Å². The largest absolute Gasteiger partial charge is 0.387 e. The highest BCUT2D eigenvalue weighted by Crippen LogP contribution is 2.29. The van der Waals surface area contributed by atoms with Crippen molar-refractivity contribution in [1.29, 1.82) is 0 Å². The second kappa shape index (κ2) is 7.94. The van der Waals surface area contributed by atoms with Gasteiger partial charge < -0.3 is 25.4 Å². The molecule has 23 heavy (non-hydrogen) atoms. The highest BCUT2D eigenvalue weighted by molar-refractivity contribution is 6.35. The van der Waals surface area contributed by atoms with Crippen molar-refractivity contribution in [3.05, 3.63) is 29.3 Å². The van der Waals surface area contributed by atoms with Crippen LogP contribution in [-0.2, 0) is 20.7 Å². The highest BCUT2D eigenvalue weighted by Gasteiger charge is 2.19. The number of nitrogens with zero attached hydrogens (tertiary/aromatic N) is 1. The van der Waals surface area contributed by atoms with Crippen LogP contribution in [0.2, 0.25) is 0 Å². The Hall–Kier alpha value is -2.12. The van der Waals surface area contributed by atoms with Crippen LogP contribution in [0.1, 0.15) is 17.2 Å². The minimum Gasteiger partial charge on any atom is -0.387 e. The molecule has 0 saturated carbocycles. The summed E-state index contributed by atoms with van der Waals surface area (Å²) in [6.45, 7) is 1.56. The maximum absolute atomic E-state index is 11.6. The number of anilines is 1. The Bertz CT molecular complexity index is 576. The Morgan fingerprint density at radius 2 is 2.09 bits per heavy atom. The molecule has 2 amide bonds. The summed E-state index contributed by atoms with van der Waals surface area (Å²) in [5.41, 5.74) is 3.09. The quantitative estimate of drug-likeness (QED) is 0.489. The lowest BCUT2D eigenvalue weighted by Crippen LogP contribution is -2.42. The molecular formula is C16H23N3O4. The summed E-state index contributed by atoms with van der Waals surface area (Å²) in [7, 11) is 3.54. The van der Waals surface area contributed by atoms with Crippen molar-refractivity contribution in [2.24, 2.45) is 0 Å². The molecule has 1 aliphatic heterocycles. The number of aliphatic hydroxyl groups is 1. The molecule has 0 spiro atoms. The summed E-state index contributed by atoms with van der Waals surface area (Å²) in [5.74, 6) is -1.49. The van der Waals surface area contributed by atoms with Gasteiger partial charge in [0.2, 0.25) is 0 Å². The van der Waals surface area contributed by atoms with Crippen LogP contribution in [0.25, 0.3) is 0 Å². The topological polar surface area (TPSA) is 90.9 Å². The molecule has 1 atom stereocenters. The lowest BCUT2D eigenvalue weighted by atomic mass is 10.0. The van der Waals surface area contributed by atoms with E-state index in [0.29, 0.717) is 6.61 Å². The van der Waals surface area contributed by atoms with Crippen molar-refractivity contribution < 1.29 is 19.4 Å². The number of likely N-dealkylation sites (N-methyl/N-ethyl adjacent to an activating group) is 1. The van der Waals surface area contributed by atoms with Gasteiger partial charge in [0, 0.05) is 39.5 Å². The molecular weight excluding hydrogens is 298 g/mol. The van der Waals surface area contributed by atoms with E-state index in [4.69, 9.17) is 4.74 Å². The Morgan fingerprint density at radius 1 is 1.35 bits per heavy atom. The summed E-state index contributed by atoms with van der Waals surface area (Å²) >= 11 is 0. The van der Waals surface area contributed by atoms with E-state index in [-0.39, 0.29) is 13.1 Å². The molecule has 1 heterocycles. The molecule has 0 bridgehead atoms. The molecule has 1 aromatic carbocycles. The predicted molar refractivity (Wildman–Crippen MR) is 86.3 cm³/mol. The molecule has 1 unspecified atom stereocenters. The van der Waals surface area contributed by atoms with E-state index in [2.05, 4.69) is 15.5 Å². The van der Waals surface area contributed by atoms with Crippen LogP contribution in [-0.4, -0.2) is 57.3 Å². The average molecular weight is 321 g/mol. The van der Waals surface area contributed by atoms with Crippen LogP contribution in [0.15, 0.2) is 18.2 Å². The maximum Gasteiger partial charge on any atom is 0.309 e. The van der Waals surface area contributed by atoms with Crippen molar-refractivity contribution in [2.75, 3.05) is 45.3 Å². The fourth-order valence-corrected chi connectivity index (χ4v) is 2.53. The van der Waals surface area contributed by atoms with E-state index in [9.17, 15) is 14.7 Å². The van der Waals surface area contributed by atoms with Crippen LogP contribution < -0.4 is 15.5 Å². The minimum atomic E-state index is -0.845. The number of ether oxygens (including phenoxy) is 1. The molecule has 3 N–H and O–H groups in total. The van der Waals surface area contributed by atoms with Crippen molar-refractivity contribution >= 4 is 17.5 Å². The molecule has 7 nitrogen and oxygen atoms in total. The Kier molecular flexibility index (Phi) is 5.95. The van der Waals surface area contributed by atoms with Gasteiger partial charge in [0.15, 0.2) is 0 Å². The number of carbonyl (C=O) groups excluding carboxylic acids is 2. The van der Waals surface area contributed by atoms with E-state index in [0.717, 1.165) is 18.5 Å². The van der Waals surface area contributed by atoms with Gasteiger partial charge in [-0.15, -0.1) is 0 Å². The van der Waals surface area contributed by atoms with Gasteiger partial charge in [-0.1, -0.05) is 12.1 Å². The number of hydrogen-bond donors (Lipinski definition) is 3. The predicted octanol–water partition coefficient (Wildman–Crippen LogP) is -0.409. The molecule has 2 rings (SSSR count). The number of methoxy groups -OCH3 is 1. The molecule has 0 fully saturated rings. The van der Waals surface area contributed by atoms with Gasteiger partial charge in [0.25, 0.3) is 0 Å². The fraction of sp³-hybridized carbons (Fsp3) is 0.500. The minimum absolute atomic E-state index is 0.00877. The van der Waals surface area contributed by atoms with Gasteiger partial charge in [-0.25, -0.2) is 0 Å². The van der Waals surface area contributed by atoms with Gasteiger partial charge in [-0.05, 0) is 23.6 Å². The third-order valence-electron chi connectivity index (χ3n) is 3.87. The standard InChI is InChI=1S/C16H23N3O4/c1-19-7-5-11-9-12(3-4-13(11)19)14(20)10-18-16(22)15(21)17-6-8-23-2/h3-4,9,14,20H,5-8,10H2,1-2H3,(H,17,21)(H,18,22). The number of carbonyl (C=O) groups is 2. The lowest BCUT2D eigenvalue weighted by Gasteiger charge is -2.15. The zero-order chi connectivity index (χ0) is 16.8. The Balaban J connectivity index is 1.84. The second-order valence-corrected chi connectivity index (χ2v) is 5.53. The van der Waals surface area contributed by atoms with Gasteiger partial charge in [-0.2, -0.15) is 0 Å². The average Bonchev–Trinajstić information content (AvgIpc) is 2.93. The molecule has 0 radical (unpaired) electrons. The van der Waals surface area contributed by atoms with E-state index in [1.54, 1.807) is 0 Å². The number of rotatable bonds is 6. The Morgan fingerprint density at radius 3 is 2.83 bits per heavy atom. The summed E-state index contributed by atoms with van der Waals surface area (Å²) in [4.78, 5) is 25.3. The van der Waals surface area contributed by atoms with E-state index in [1.807, 2.05) is 25.2 Å². The number of fused-ring (bicyclic) bond motifs is 1. The lowest BCUT2D eigenvalue weighted by molar-refractivity contribution is -0.139. The molecule has 126 valence electrons. The van der Waals surface area contributed by atoms with Crippen molar-refractivity contribution in [3.63, 3.8) is 0 Å². The van der Waals surface area contributed by atoms with Crippen LogP contribution in [0.5, 0.6) is 0 Å². The van der Waals surface area contributed by atoms with Gasteiger partial charge in [0.1, 0.15) is 0 Å². The van der Waals surface area contributed by atoms with E-state index < -0.39 is 17.9 Å². The molecule has 1 aliphatic rings. The smallest absolute Gasteiger partial charge is 0.309 e. The third-order valence-corrected chi connectivity index (χ3v) is 3.87. The normalized spacial score (nSPS) is 14.3. The van der Waals surface area contributed by atoms with Gasteiger partial charge >= 0.3 is 11.8 Å². The van der Waals surface area contributed by atoms with Crippen LogP contribution in [0.4, 0.5) is 5.69 Å². The van der Waals surface area contributed by atoms with Crippen LogP contribution >= 0.6 is 0 Å². The number of benzene rings is 1. The van der Waals surface area contributed by atoms with Crippen molar-refractivity contribution in [1.82, 2.24) is 10.6 Å². The molecule has 7 heteroatoms. The van der Waals surface area contributed by atoms with Gasteiger partial charge in [0.05, 0.1) is 12.7 Å². The van der Waals surface area contributed by atoms with E-state index >= 15 is 0 Å². The first-order valence-electron chi connectivity index (χ1n) is 7.60. The summed E-state index contributed by atoms with van der Waals surface area (Å²) in [6.07, 6.45) is 0.0997. The first-order chi connectivity index (χ1) is 11.0. The number of nitrogens with one attached hydrogen (secondary N) is 2. The summed E-state index contributed by atoms with van der Waals surface area (Å²) in [5, 5.41) is 15.0. The number of aliphatic hydroxyl groups excluding tert-OH is 1. The fourth-order valence-electron chi connectivity index (χ4n) is 2.53. The number of hydrogen-bond acceptors (Lipinski definition) is 5. The zero-order valence-corrected chi connectivity index (χ0v) is 13.5. The first-order valence-corrected chi connectivity index (χ1v) is 7.60. The van der Waals surface area contributed by atoms with Crippen LogP contribution in [0, 0.1) is 0 Å². The molecule has 1 aromatic rings. The molecule has 0 saturated heterocycles. The monoisotopic (exact) mass is 321 g/mol. The zero-order valence-electron chi connectivity index (χ0n) is 13.5. The second-order valence-electron chi connectivity index (χ2n) is 5.53.